The van der Waals surface area contributed by atoms with Gasteiger partial charge in [-0.2, -0.15) is 5.26 Å². The van der Waals surface area contributed by atoms with Crippen molar-refractivity contribution in [3.63, 3.8) is 0 Å². The standard InChI is InChI=1S/C23H25ClFN5O2/c24-19-10-15(2-4-21(19)32)12-29-22(27)18-9-14(11-26)1-3-17(18)23(28)30-7-5-16(6-8-30)20(25)13-31/h1-4,9-10,16,20,28,31-32H,5-8,12-13H2,(H2,27,29). The Balaban J connectivity index is 1.82. The molecule has 7 nitrogen and oxygen atoms in total. The molecule has 1 unspecified atom stereocenters. The van der Waals surface area contributed by atoms with Crippen LogP contribution in [-0.4, -0.2) is 52.7 Å². The van der Waals surface area contributed by atoms with Crippen molar-refractivity contribution in [3.8, 4) is 11.8 Å². The van der Waals surface area contributed by atoms with Gasteiger partial charge in [0.25, 0.3) is 0 Å². The molecule has 32 heavy (non-hydrogen) atoms. The highest BCUT2D eigenvalue weighted by molar-refractivity contribution is 6.32. The minimum absolute atomic E-state index is 0.0216. The predicted octanol–water partition coefficient (Wildman–Crippen LogP) is 3.19. The van der Waals surface area contributed by atoms with Gasteiger partial charge < -0.3 is 20.8 Å². The number of amidine groups is 2. The number of aliphatic hydroxyl groups excluding tert-OH is 1. The molecule has 3 rings (SSSR count). The van der Waals surface area contributed by atoms with E-state index in [1.54, 1.807) is 30.3 Å². The number of aliphatic imine (C=N–C) groups is 1. The van der Waals surface area contributed by atoms with Gasteiger partial charge in [0.2, 0.25) is 0 Å². The van der Waals surface area contributed by atoms with Gasteiger partial charge in [0, 0.05) is 24.2 Å². The first-order chi connectivity index (χ1) is 15.3. The Morgan fingerprint density at radius 3 is 2.62 bits per heavy atom. The molecule has 0 aliphatic carbocycles. The van der Waals surface area contributed by atoms with Crippen LogP contribution in [0.2, 0.25) is 5.02 Å². The Bertz CT molecular complexity index is 1060. The number of piperidine rings is 1. The highest BCUT2D eigenvalue weighted by Crippen LogP contribution is 2.26. The van der Waals surface area contributed by atoms with Gasteiger partial charge >= 0.3 is 0 Å². The molecule has 0 aromatic heterocycles. The average molecular weight is 458 g/mol. The van der Waals surface area contributed by atoms with Gasteiger partial charge in [-0.3, -0.25) is 10.4 Å². The number of halogens is 2. The van der Waals surface area contributed by atoms with Crippen molar-refractivity contribution in [2.24, 2.45) is 16.6 Å². The number of hydrogen-bond acceptors (Lipinski definition) is 5. The number of nitriles is 1. The molecule has 1 fully saturated rings. The number of aromatic hydroxyl groups is 1. The third-order valence-electron chi connectivity index (χ3n) is 5.67. The second-order valence-electron chi connectivity index (χ2n) is 7.73. The van der Waals surface area contributed by atoms with Crippen molar-refractivity contribution in [2.45, 2.75) is 25.6 Å². The van der Waals surface area contributed by atoms with E-state index in [0.29, 0.717) is 42.6 Å². The van der Waals surface area contributed by atoms with Crippen LogP contribution >= 0.6 is 11.6 Å². The molecule has 1 aliphatic heterocycles. The van der Waals surface area contributed by atoms with Gasteiger partial charge in [0.05, 0.1) is 29.8 Å². The van der Waals surface area contributed by atoms with Crippen LogP contribution < -0.4 is 5.73 Å². The minimum Gasteiger partial charge on any atom is -0.506 e. The summed E-state index contributed by atoms with van der Waals surface area (Å²) in [6.07, 6.45) is -0.157. The minimum atomic E-state index is -1.24. The fraction of sp³-hybridized carbons (Fsp3) is 0.348. The summed E-state index contributed by atoms with van der Waals surface area (Å²) in [6.45, 7) is 0.708. The molecule has 0 saturated carbocycles. The maximum Gasteiger partial charge on any atom is 0.134 e. The maximum atomic E-state index is 13.8. The van der Waals surface area contributed by atoms with Crippen LogP contribution in [0, 0.1) is 22.7 Å². The Morgan fingerprint density at radius 1 is 1.28 bits per heavy atom. The van der Waals surface area contributed by atoms with E-state index in [0.717, 1.165) is 5.56 Å². The molecule has 9 heteroatoms. The summed E-state index contributed by atoms with van der Waals surface area (Å²) in [5.41, 5.74) is 8.39. The number of nitrogens with one attached hydrogen (secondary N) is 1. The quantitative estimate of drug-likeness (QED) is 0.391. The third-order valence-corrected chi connectivity index (χ3v) is 5.97. The summed E-state index contributed by atoms with van der Waals surface area (Å²) in [5, 5.41) is 36.8. The molecule has 2 aromatic carbocycles. The molecular weight excluding hydrogens is 433 g/mol. The SMILES string of the molecule is N#Cc1ccc(C(=N)N2CCC(C(F)CO)CC2)c(C(N)=NCc2ccc(O)c(Cl)c2)c1. The van der Waals surface area contributed by atoms with Gasteiger partial charge in [-0.05, 0) is 54.7 Å². The summed E-state index contributed by atoms with van der Waals surface area (Å²) in [5.74, 6) is 0.165. The van der Waals surface area contributed by atoms with Crippen LogP contribution in [0.15, 0.2) is 41.4 Å². The summed E-state index contributed by atoms with van der Waals surface area (Å²) in [4.78, 5) is 6.24. The van der Waals surface area contributed by atoms with Crippen molar-refractivity contribution < 1.29 is 14.6 Å². The Morgan fingerprint density at radius 2 is 2.00 bits per heavy atom. The number of likely N-dealkylation sites (tertiary alicyclic amines) is 1. The number of nitrogens with two attached hydrogens (primary N) is 1. The molecule has 168 valence electrons. The molecule has 2 aromatic rings. The van der Waals surface area contributed by atoms with E-state index in [1.165, 1.54) is 6.07 Å². The van der Waals surface area contributed by atoms with Crippen LogP contribution in [0.3, 0.4) is 0 Å². The normalized spacial score (nSPS) is 15.9. The van der Waals surface area contributed by atoms with Gasteiger partial charge in [0.15, 0.2) is 0 Å². The first kappa shape index (κ1) is 23.5. The zero-order valence-electron chi connectivity index (χ0n) is 17.4. The average Bonchev–Trinajstić information content (AvgIpc) is 2.83. The van der Waals surface area contributed by atoms with Crippen molar-refractivity contribution in [3.05, 3.63) is 63.7 Å². The first-order valence-electron chi connectivity index (χ1n) is 10.2. The lowest BCUT2D eigenvalue weighted by Crippen LogP contribution is -2.41. The van der Waals surface area contributed by atoms with Crippen LogP contribution in [0.25, 0.3) is 0 Å². The molecule has 0 amide bonds. The second-order valence-corrected chi connectivity index (χ2v) is 8.14. The topological polar surface area (TPSA) is 130 Å². The molecule has 1 aliphatic rings. The van der Waals surface area contributed by atoms with Gasteiger partial charge in [0.1, 0.15) is 23.6 Å². The van der Waals surface area contributed by atoms with Crippen molar-refractivity contribution in [2.75, 3.05) is 19.7 Å². The largest absolute Gasteiger partial charge is 0.506 e. The van der Waals surface area contributed by atoms with E-state index in [-0.39, 0.29) is 34.9 Å². The fourth-order valence-corrected chi connectivity index (χ4v) is 3.95. The number of phenols is 1. The number of phenolic OH excluding ortho intramolecular Hbond substituents is 1. The van der Waals surface area contributed by atoms with Crippen molar-refractivity contribution in [1.82, 2.24) is 4.90 Å². The zero-order chi connectivity index (χ0) is 23.3. The number of hydrogen-bond donors (Lipinski definition) is 4. The summed E-state index contributed by atoms with van der Waals surface area (Å²) >= 11 is 5.94. The summed E-state index contributed by atoms with van der Waals surface area (Å²) in [6, 6.07) is 11.7. The van der Waals surface area contributed by atoms with E-state index in [4.69, 9.17) is 27.9 Å². The van der Waals surface area contributed by atoms with E-state index < -0.39 is 12.8 Å². The highest BCUT2D eigenvalue weighted by atomic mass is 35.5. The number of benzene rings is 2. The summed E-state index contributed by atoms with van der Waals surface area (Å²) in [7, 11) is 0. The highest BCUT2D eigenvalue weighted by Gasteiger charge is 2.28. The van der Waals surface area contributed by atoms with Crippen LogP contribution in [0.4, 0.5) is 4.39 Å². The van der Waals surface area contributed by atoms with Crippen molar-refractivity contribution in [1.29, 1.82) is 10.7 Å². The van der Waals surface area contributed by atoms with E-state index >= 15 is 0 Å². The lowest BCUT2D eigenvalue weighted by atomic mass is 9.91. The van der Waals surface area contributed by atoms with Gasteiger partial charge in [-0.1, -0.05) is 17.7 Å². The number of nitrogens with zero attached hydrogens (tertiary/aromatic N) is 3. The van der Waals surface area contributed by atoms with E-state index in [1.807, 2.05) is 4.90 Å². The first-order valence-corrected chi connectivity index (χ1v) is 10.6. The van der Waals surface area contributed by atoms with Crippen LogP contribution in [0.1, 0.15) is 35.1 Å². The molecular formula is C23H25ClFN5O2. The third kappa shape index (κ3) is 5.36. The lowest BCUT2D eigenvalue weighted by Gasteiger charge is -2.35. The maximum absolute atomic E-state index is 13.8. The smallest absolute Gasteiger partial charge is 0.134 e. The molecule has 0 radical (unpaired) electrons. The second kappa shape index (κ2) is 10.4. The van der Waals surface area contributed by atoms with Crippen LogP contribution in [-0.2, 0) is 6.54 Å². The van der Waals surface area contributed by atoms with E-state index in [2.05, 4.69) is 11.1 Å². The number of aliphatic hydroxyl groups is 1. The van der Waals surface area contributed by atoms with Gasteiger partial charge in [-0.15, -0.1) is 0 Å². The lowest BCUT2D eigenvalue weighted by molar-refractivity contribution is 0.0937. The fourth-order valence-electron chi connectivity index (χ4n) is 3.75. The van der Waals surface area contributed by atoms with Crippen LogP contribution in [0.5, 0.6) is 5.75 Å². The van der Waals surface area contributed by atoms with E-state index in [9.17, 15) is 14.8 Å². The Hall–Kier alpha value is -3.15. The number of rotatable bonds is 6. The Labute approximate surface area is 191 Å². The van der Waals surface area contributed by atoms with Crippen molar-refractivity contribution >= 4 is 23.3 Å². The molecule has 0 bridgehead atoms. The molecule has 1 saturated heterocycles. The summed E-state index contributed by atoms with van der Waals surface area (Å²) < 4.78 is 13.8. The monoisotopic (exact) mass is 457 g/mol. The zero-order valence-corrected chi connectivity index (χ0v) is 18.2. The van der Waals surface area contributed by atoms with Gasteiger partial charge in [-0.25, -0.2) is 4.39 Å². The predicted molar refractivity (Wildman–Crippen MR) is 122 cm³/mol. The molecule has 1 atom stereocenters. The molecule has 0 spiro atoms. The number of alkyl halides is 1. The Kier molecular flexibility index (Phi) is 7.67. The molecule has 5 N–H and O–H groups in total. The molecule has 1 heterocycles.